The molecule has 0 amide bonds. The zero-order chi connectivity index (χ0) is 14.1. The monoisotopic (exact) mass is 330 g/mol. The van der Waals surface area contributed by atoms with Gasteiger partial charge in [0.25, 0.3) is 0 Å². The fourth-order valence-electron chi connectivity index (χ4n) is 2.20. The van der Waals surface area contributed by atoms with Gasteiger partial charge in [-0.15, -0.1) is 0 Å². The highest BCUT2D eigenvalue weighted by Crippen LogP contribution is 2.30. The van der Waals surface area contributed by atoms with E-state index >= 15 is 0 Å². The second-order valence-corrected chi connectivity index (χ2v) is 5.60. The Labute approximate surface area is 126 Å². The SMILES string of the molecule is Cc1nc(CNc2ccc(Br)c3ccccc23)oc1C. The van der Waals surface area contributed by atoms with Crippen molar-refractivity contribution in [1.82, 2.24) is 4.98 Å². The molecule has 3 aromatic rings. The van der Waals surface area contributed by atoms with E-state index in [1.807, 2.05) is 26.0 Å². The molecule has 0 saturated heterocycles. The first-order chi connectivity index (χ1) is 9.65. The molecule has 4 heteroatoms. The number of fused-ring (bicyclic) bond motifs is 1. The van der Waals surface area contributed by atoms with E-state index in [1.165, 1.54) is 10.8 Å². The van der Waals surface area contributed by atoms with E-state index in [-0.39, 0.29) is 0 Å². The van der Waals surface area contributed by atoms with Crippen LogP contribution in [0.3, 0.4) is 0 Å². The van der Waals surface area contributed by atoms with Crippen LogP contribution in [0.15, 0.2) is 45.3 Å². The van der Waals surface area contributed by atoms with E-state index in [4.69, 9.17) is 4.42 Å². The molecule has 0 aliphatic heterocycles. The molecular weight excluding hydrogens is 316 g/mol. The molecule has 0 fully saturated rings. The van der Waals surface area contributed by atoms with Gasteiger partial charge in [-0.25, -0.2) is 4.98 Å². The first kappa shape index (κ1) is 13.2. The third-order valence-corrected chi connectivity index (χ3v) is 4.07. The fourth-order valence-corrected chi connectivity index (χ4v) is 2.68. The number of aryl methyl sites for hydroxylation is 2. The summed E-state index contributed by atoms with van der Waals surface area (Å²) in [6, 6.07) is 12.4. The second-order valence-electron chi connectivity index (χ2n) is 4.74. The minimum absolute atomic E-state index is 0.584. The van der Waals surface area contributed by atoms with E-state index in [2.05, 4.69) is 50.5 Å². The van der Waals surface area contributed by atoms with Gasteiger partial charge in [0, 0.05) is 15.5 Å². The predicted octanol–water partition coefficient (Wildman–Crippen LogP) is 4.82. The van der Waals surface area contributed by atoms with Crippen molar-refractivity contribution in [3.63, 3.8) is 0 Å². The van der Waals surface area contributed by atoms with E-state index in [0.717, 1.165) is 21.6 Å². The summed E-state index contributed by atoms with van der Waals surface area (Å²) >= 11 is 3.58. The van der Waals surface area contributed by atoms with E-state index in [1.54, 1.807) is 0 Å². The number of anilines is 1. The molecule has 0 bridgehead atoms. The van der Waals surface area contributed by atoms with Crippen molar-refractivity contribution in [3.05, 3.63) is 58.2 Å². The maximum Gasteiger partial charge on any atom is 0.213 e. The number of benzene rings is 2. The average Bonchev–Trinajstić information content (AvgIpc) is 2.77. The first-order valence-electron chi connectivity index (χ1n) is 6.49. The summed E-state index contributed by atoms with van der Waals surface area (Å²) in [6.07, 6.45) is 0. The molecule has 0 atom stereocenters. The van der Waals surface area contributed by atoms with Crippen LogP contribution in [0, 0.1) is 13.8 Å². The van der Waals surface area contributed by atoms with Crippen LogP contribution >= 0.6 is 15.9 Å². The van der Waals surface area contributed by atoms with Gasteiger partial charge in [-0.3, -0.25) is 0 Å². The number of oxazole rings is 1. The van der Waals surface area contributed by atoms with Crippen molar-refractivity contribution in [3.8, 4) is 0 Å². The highest BCUT2D eigenvalue weighted by atomic mass is 79.9. The van der Waals surface area contributed by atoms with Crippen LogP contribution < -0.4 is 5.32 Å². The smallest absolute Gasteiger partial charge is 0.213 e. The maximum atomic E-state index is 5.59. The standard InChI is InChI=1S/C16H15BrN2O/c1-10-11(2)20-16(19-10)9-18-15-8-7-14(17)12-5-3-4-6-13(12)15/h3-8,18H,9H2,1-2H3. The lowest BCUT2D eigenvalue weighted by Crippen LogP contribution is -2.00. The molecule has 1 aromatic heterocycles. The predicted molar refractivity (Wildman–Crippen MR) is 85.0 cm³/mol. The first-order valence-corrected chi connectivity index (χ1v) is 7.28. The number of nitrogens with zero attached hydrogens (tertiary/aromatic N) is 1. The molecule has 0 spiro atoms. The van der Waals surface area contributed by atoms with Gasteiger partial charge in [-0.05, 0) is 31.4 Å². The summed E-state index contributed by atoms with van der Waals surface area (Å²) in [5.74, 6) is 1.59. The Hall–Kier alpha value is -1.81. The number of aromatic nitrogens is 1. The number of hydrogen-bond acceptors (Lipinski definition) is 3. The molecule has 0 radical (unpaired) electrons. The molecule has 102 valence electrons. The normalized spacial score (nSPS) is 10.9. The molecule has 0 saturated carbocycles. The van der Waals surface area contributed by atoms with E-state index in [0.29, 0.717) is 12.4 Å². The van der Waals surface area contributed by atoms with Gasteiger partial charge >= 0.3 is 0 Å². The Morgan fingerprint density at radius 2 is 1.85 bits per heavy atom. The third kappa shape index (κ3) is 2.43. The van der Waals surface area contributed by atoms with Gasteiger partial charge in [-0.2, -0.15) is 0 Å². The Bertz CT molecular complexity index is 745. The van der Waals surface area contributed by atoms with Gasteiger partial charge in [0.05, 0.1) is 12.2 Å². The van der Waals surface area contributed by atoms with Gasteiger partial charge in [-0.1, -0.05) is 40.2 Å². The van der Waals surface area contributed by atoms with Gasteiger partial charge in [0.1, 0.15) is 5.76 Å². The number of hydrogen-bond donors (Lipinski definition) is 1. The molecule has 3 rings (SSSR count). The molecule has 20 heavy (non-hydrogen) atoms. The summed E-state index contributed by atoms with van der Waals surface area (Å²) < 4.78 is 6.69. The Balaban J connectivity index is 1.89. The largest absolute Gasteiger partial charge is 0.444 e. The van der Waals surface area contributed by atoms with Crippen molar-refractivity contribution in [2.75, 3.05) is 5.32 Å². The molecule has 0 unspecified atom stereocenters. The molecule has 3 nitrogen and oxygen atoms in total. The molecular formula is C16H15BrN2O. The topological polar surface area (TPSA) is 38.1 Å². The zero-order valence-corrected chi connectivity index (χ0v) is 13.0. The lowest BCUT2D eigenvalue weighted by atomic mass is 10.1. The minimum atomic E-state index is 0.584. The zero-order valence-electron chi connectivity index (χ0n) is 11.4. The highest BCUT2D eigenvalue weighted by Gasteiger charge is 2.07. The lowest BCUT2D eigenvalue weighted by Gasteiger charge is -2.09. The van der Waals surface area contributed by atoms with Crippen LogP contribution in [0.1, 0.15) is 17.3 Å². The van der Waals surface area contributed by atoms with E-state index < -0.39 is 0 Å². The van der Waals surface area contributed by atoms with Crippen molar-refractivity contribution in [2.24, 2.45) is 0 Å². The summed E-state index contributed by atoms with van der Waals surface area (Å²) in [4.78, 5) is 4.38. The summed E-state index contributed by atoms with van der Waals surface area (Å²) in [5, 5.41) is 5.77. The number of halogens is 1. The quantitative estimate of drug-likeness (QED) is 0.748. The van der Waals surface area contributed by atoms with Crippen LogP contribution in [-0.4, -0.2) is 4.98 Å². The molecule has 1 N–H and O–H groups in total. The van der Waals surface area contributed by atoms with Crippen LogP contribution in [0.4, 0.5) is 5.69 Å². The Morgan fingerprint density at radius 3 is 2.55 bits per heavy atom. The Kier molecular flexibility index (Phi) is 3.49. The highest BCUT2D eigenvalue weighted by molar-refractivity contribution is 9.10. The fraction of sp³-hybridized carbons (Fsp3) is 0.188. The summed E-state index contributed by atoms with van der Waals surface area (Å²) in [7, 11) is 0. The van der Waals surface area contributed by atoms with Crippen molar-refractivity contribution < 1.29 is 4.42 Å². The molecule has 0 aliphatic carbocycles. The Morgan fingerprint density at radius 1 is 1.10 bits per heavy atom. The minimum Gasteiger partial charge on any atom is -0.444 e. The molecule has 0 aliphatic rings. The van der Waals surface area contributed by atoms with Crippen LogP contribution in [0.25, 0.3) is 10.8 Å². The lowest BCUT2D eigenvalue weighted by molar-refractivity contribution is 0.478. The number of nitrogens with one attached hydrogen (secondary N) is 1. The van der Waals surface area contributed by atoms with Crippen LogP contribution in [-0.2, 0) is 6.54 Å². The van der Waals surface area contributed by atoms with Crippen LogP contribution in [0.2, 0.25) is 0 Å². The summed E-state index contributed by atoms with van der Waals surface area (Å²) in [6.45, 7) is 4.47. The van der Waals surface area contributed by atoms with Crippen molar-refractivity contribution >= 4 is 32.4 Å². The van der Waals surface area contributed by atoms with Crippen molar-refractivity contribution in [1.29, 1.82) is 0 Å². The van der Waals surface area contributed by atoms with Gasteiger partial charge < -0.3 is 9.73 Å². The summed E-state index contributed by atoms with van der Waals surface area (Å²) in [5.41, 5.74) is 2.03. The van der Waals surface area contributed by atoms with Crippen molar-refractivity contribution in [2.45, 2.75) is 20.4 Å². The number of rotatable bonds is 3. The van der Waals surface area contributed by atoms with E-state index in [9.17, 15) is 0 Å². The van der Waals surface area contributed by atoms with Crippen LogP contribution in [0.5, 0.6) is 0 Å². The maximum absolute atomic E-state index is 5.59. The van der Waals surface area contributed by atoms with Gasteiger partial charge in [0.2, 0.25) is 5.89 Å². The van der Waals surface area contributed by atoms with Gasteiger partial charge in [0.15, 0.2) is 0 Å². The third-order valence-electron chi connectivity index (χ3n) is 3.37. The molecule has 1 heterocycles. The second kappa shape index (κ2) is 5.29. The molecule has 2 aromatic carbocycles. The average molecular weight is 331 g/mol.